The van der Waals surface area contributed by atoms with Gasteiger partial charge in [-0.2, -0.15) is 5.26 Å². The number of aryl methyl sites for hydroxylation is 4. The highest BCUT2D eigenvalue weighted by atomic mass is 15.1. The maximum atomic E-state index is 13.1. The first kappa shape index (κ1) is 47.5. The highest BCUT2D eigenvalue weighted by Crippen LogP contribution is 2.52. The number of pyridine rings is 1. The van der Waals surface area contributed by atoms with Gasteiger partial charge in [-0.25, -0.2) is 4.98 Å². The molecule has 0 spiro atoms. The number of nitrogens with zero attached hydrogens (tertiary/aromatic N) is 6. The van der Waals surface area contributed by atoms with E-state index in [0.29, 0.717) is 5.56 Å². The lowest BCUT2D eigenvalue weighted by molar-refractivity contribution is 0.978. The van der Waals surface area contributed by atoms with E-state index in [4.69, 9.17) is 4.98 Å². The van der Waals surface area contributed by atoms with Gasteiger partial charge in [0.1, 0.15) is 11.6 Å². The Kier molecular flexibility index (Phi) is 10.6. The number of para-hydroxylation sites is 3. The molecule has 1 aliphatic carbocycles. The fraction of sp³-hybridized carbons (Fsp3) is 0.0789. The minimum absolute atomic E-state index is 0.539. The third-order valence-electron chi connectivity index (χ3n) is 17.2. The standard InChI is InChI=1S/C76H54N6/c1-46-31-37-67-57(41-46)52-23-11-15-27-63(52)79(67)73-61(45-77)74(80-64-28-16-12-24-53(64)58-42-47(2)32-38-68(58)80)76(82-66-30-18-14-26-55(66)60-44-49(4)34-40-70(60)82)75(81-65-29-17-13-25-54(65)59-43-48(3)33-39-69(59)81)71(73)56-35-36-62(50-19-7-5-8-20-50)78-72(56)51-21-9-6-10-22-51/h5-11,13-15,17-44H,12,16H2,1-4H3. The zero-order valence-corrected chi connectivity index (χ0v) is 46.0. The molecule has 16 rings (SSSR count). The number of fused-ring (bicyclic) bond motifs is 12. The van der Waals surface area contributed by atoms with Crippen molar-refractivity contribution in [3.63, 3.8) is 0 Å². The fourth-order valence-corrected chi connectivity index (χ4v) is 13.7. The molecule has 0 amide bonds. The van der Waals surface area contributed by atoms with Gasteiger partial charge in [-0.05, 0) is 119 Å². The molecular formula is C76H54N6. The van der Waals surface area contributed by atoms with Crippen molar-refractivity contribution in [2.24, 2.45) is 0 Å². The Morgan fingerprint density at radius 1 is 0.366 bits per heavy atom. The van der Waals surface area contributed by atoms with E-state index in [1.807, 2.05) is 0 Å². The largest absolute Gasteiger partial charge is 0.307 e. The van der Waals surface area contributed by atoms with Crippen LogP contribution in [0.4, 0.5) is 0 Å². The highest BCUT2D eigenvalue weighted by Gasteiger charge is 2.36. The monoisotopic (exact) mass is 1050 g/mol. The van der Waals surface area contributed by atoms with E-state index in [9.17, 15) is 5.26 Å². The maximum absolute atomic E-state index is 13.1. The van der Waals surface area contributed by atoms with E-state index in [0.717, 1.165) is 156 Å². The van der Waals surface area contributed by atoms with Gasteiger partial charge in [-0.1, -0.05) is 174 Å². The lowest BCUT2D eigenvalue weighted by Gasteiger charge is -2.30. The Labute approximate surface area is 474 Å². The molecule has 82 heavy (non-hydrogen) atoms. The summed E-state index contributed by atoms with van der Waals surface area (Å²) in [6.45, 7) is 8.72. The first-order valence-electron chi connectivity index (χ1n) is 28.4. The number of benzene rings is 10. The van der Waals surface area contributed by atoms with E-state index in [2.05, 4.69) is 283 Å². The summed E-state index contributed by atoms with van der Waals surface area (Å²) in [6, 6.07) is 82.5. The van der Waals surface area contributed by atoms with Crippen LogP contribution in [-0.2, 0) is 0 Å². The van der Waals surface area contributed by atoms with Crippen molar-refractivity contribution in [1.82, 2.24) is 23.3 Å². The Morgan fingerprint density at radius 3 is 1.32 bits per heavy atom. The van der Waals surface area contributed by atoms with Gasteiger partial charge in [0.15, 0.2) is 0 Å². The molecule has 6 nitrogen and oxygen atoms in total. The van der Waals surface area contributed by atoms with Crippen LogP contribution < -0.4 is 10.6 Å². The summed E-state index contributed by atoms with van der Waals surface area (Å²) in [5, 5.41) is 23.3. The quantitative estimate of drug-likeness (QED) is 0.160. The summed E-state index contributed by atoms with van der Waals surface area (Å²) < 4.78 is 9.91. The number of hydrogen-bond donors (Lipinski definition) is 0. The van der Waals surface area contributed by atoms with Crippen LogP contribution in [0, 0.1) is 39.0 Å². The van der Waals surface area contributed by atoms with Crippen molar-refractivity contribution < 1.29 is 0 Å². The van der Waals surface area contributed by atoms with Gasteiger partial charge in [0.2, 0.25) is 0 Å². The molecule has 6 heteroatoms. The van der Waals surface area contributed by atoms with E-state index < -0.39 is 0 Å². The number of hydrogen-bond acceptors (Lipinski definition) is 2. The Balaban J connectivity index is 1.28. The van der Waals surface area contributed by atoms with E-state index in [1.54, 1.807) is 0 Å². The predicted octanol–water partition coefficient (Wildman–Crippen LogP) is 17.8. The van der Waals surface area contributed by atoms with Crippen LogP contribution in [0.3, 0.4) is 0 Å². The Morgan fingerprint density at radius 2 is 0.793 bits per heavy atom. The molecule has 5 heterocycles. The van der Waals surface area contributed by atoms with E-state index in [-0.39, 0.29) is 0 Å². The van der Waals surface area contributed by atoms with Crippen molar-refractivity contribution in [2.75, 3.05) is 0 Å². The molecular weight excluding hydrogens is 997 g/mol. The number of aromatic nitrogens is 5. The second kappa shape index (κ2) is 18.3. The van der Waals surface area contributed by atoms with Gasteiger partial charge in [0.25, 0.3) is 0 Å². The fourth-order valence-electron chi connectivity index (χ4n) is 13.7. The van der Waals surface area contributed by atoms with Crippen molar-refractivity contribution in [3.8, 4) is 62.5 Å². The van der Waals surface area contributed by atoms with Crippen LogP contribution in [0.15, 0.2) is 218 Å². The normalized spacial score (nSPS) is 12.5. The van der Waals surface area contributed by atoms with Crippen LogP contribution >= 0.6 is 0 Å². The van der Waals surface area contributed by atoms with Crippen LogP contribution in [0.1, 0.15) is 40.7 Å². The molecule has 15 aromatic rings. The average molecular weight is 1050 g/mol. The van der Waals surface area contributed by atoms with E-state index >= 15 is 0 Å². The van der Waals surface area contributed by atoms with Gasteiger partial charge < -0.3 is 18.3 Å². The van der Waals surface area contributed by atoms with Gasteiger partial charge in [-0.15, -0.1) is 0 Å². The topological polar surface area (TPSA) is 56.4 Å². The Hall–Kier alpha value is -10.5. The first-order chi connectivity index (χ1) is 40.3. The van der Waals surface area contributed by atoms with Crippen LogP contribution in [0.5, 0.6) is 0 Å². The summed E-state index contributed by atoms with van der Waals surface area (Å²) in [5.41, 5.74) is 21.2. The SMILES string of the molecule is Cc1ccc2c(c1)c1c(n2-c2c(C#N)c(-n3c4ccccc4c4cc(C)ccc43)c(-c3ccc(-c4ccccc4)nc3-c3ccccc3)c(-n3c4ccccc4c4cc(C)ccc43)c2-n2c3ccccc3c3cc(C)ccc32)=CCCC=1. The van der Waals surface area contributed by atoms with Crippen molar-refractivity contribution >= 4 is 88.5 Å². The summed E-state index contributed by atoms with van der Waals surface area (Å²) in [6.07, 6.45) is 6.61. The smallest absolute Gasteiger partial charge is 0.104 e. The molecule has 0 atom stereocenters. The summed E-state index contributed by atoms with van der Waals surface area (Å²) in [4.78, 5) is 5.82. The lowest BCUT2D eigenvalue weighted by Crippen LogP contribution is -2.31. The molecule has 0 saturated carbocycles. The summed E-state index contributed by atoms with van der Waals surface area (Å²) in [5.74, 6) is 0. The van der Waals surface area contributed by atoms with Gasteiger partial charge in [0, 0.05) is 70.5 Å². The predicted molar refractivity (Wildman–Crippen MR) is 341 cm³/mol. The third kappa shape index (κ3) is 6.96. The molecule has 10 aromatic carbocycles. The Bertz CT molecular complexity index is 5390. The van der Waals surface area contributed by atoms with Crippen LogP contribution in [0.25, 0.3) is 145 Å². The number of nitriles is 1. The molecule has 0 N–H and O–H groups in total. The molecule has 5 aromatic heterocycles. The molecule has 0 aliphatic heterocycles. The third-order valence-corrected chi connectivity index (χ3v) is 17.2. The van der Waals surface area contributed by atoms with Crippen molar-refractivity contribution in [2.45, 2.75) is 40.5 Å². The summed E-state index contributed by atoms with van der Waals surface area (Å²) >= 11 is 0. The number of rotatable bonds is 7. The molecule has 0 fully saturated rings. The first-order valence-corrected chi connectivity index (χ1v) is 28.4. The lowest BCUT2D eigenvalue weighted by atomic mass is 9.90. The molecule has 0 radical (unpaired) electrons. The molecule has 388 valence electrons. The molecule has 1 aliphatic rings. The van der Waals surface area contributed by atoms with Gasteiger partial charge in [0.05, 0.1) is 72.8 Å². The second-order valence-corrected chi connectivity index (χ2v) is 22.3. The second-order valence-electron chi connectivity index (χ2n) is 22.3. The molecule has 0 unspecified atom stereocenters. The zero-order valence-electron chi connectivity index (χ0n) is 46.0. The van der Waals surface area contributed by atoms with Crippen molar-refractivity contribution in [1.29, 1.82) is 5.26 Å². The summed E-state index contributed by atoms with van der Waals surface area (Å²) in [7, 11) is 0. The highest BCUT2D eigenvalue weighted by molar-refractivity contribution is 6.16. The minimum Gasteiger partial charge on any atom is -0.307 e. The van der Waals surface area contributed by atoms with Crippen LogP contribution in [-0.4, -0.2) is 23.3 Å². The average Bonchev–Trinajstić information content (AvgIpc) is 3.22. The van der Waals surface area contributed by atoms with Gasteiger partial charge in [-0.3, -0.25) is 0 Å². The van der Waals surface area contributed by atoms with Crippen LogP contribution in [0.2, 0.25) is 0 Å². The minimum atomic E-state index is 0.539. The van der Waals surface area contributed by atoms with E-state index in [1.165, 1.54) is 21.9 Å². The molecule has 0 bridgehead atoms. The maximum Gasteiger partial charge on any atom is 0.104 e. The van der Waals surface area contributed by atoms with Gasteiger partial charge >= 0.3 is 0 Å². The zero-order chi connectivity index (χ0) is 54.9. The van der Waals surface area contributed by atoms with Crippen molar-refractivity contribution in [3.05, 3.63) is 257 Å². The molecule has 0 saturated heterocycles.